The number of aryl methyl sites for hydroxylation is 1. The van der Waals surface area contributed by atoms with Crippen LogP contribution in [0.1, 0.15) is 10.6 Å². The molecule has 0 aliphatic rings. The highest BCUT2D eigenvalue weighted by Crippen LogP contribution is 2.25. The molecular weight excluding hydrogens is 418 g/mol. The van der Waals surface area contributed by atoms with Crippen molar-refractivity contribution >= 4 is 22.4 Å². The Morgan fingerprint density at radius 2 is 1.97 bits per heavy atom. The van der Waals surface area contributed by atoms with Gasteiger partial charge in [0.15, 0.2) is 6.61 Å². The van der Waals surface area contributed by atoms with Gasteiger partial charge in [-0.25, -0.2) is 0 Å². The normalized spacial score (nSPS) is 10.8. The molecule has 1 N–H and O–H groups in total. The van der Waals surface area contributed by atoms with Gasteiger partial charge in [0.25, 0.3) is 11.8 Å². The summed E-state index contributed by atoms with van der Waals surface area (Å²) in [5, 5.41) is 15.6. The molecule has 0 fully saturated rings. The van der Waals surface area contributed by atoms with Crippen LogP contribution in [-0.2, 0) is 16.1 Å². The summed E-state index contributed by atoms with van der Waals surface area (Å²) >= 11 is 1.25. The van der Waals surface area contributed by atoms with Crippen LogP contribution in [0.15, 0.2) is 53.1 Å². The topological polar surface area (TPSA) is 112 Å². The van der Waals surface area contributed by atoms with Gasteiger partial charge in [0.2, 0.25) is 11.0 Å². The Labute approximate surface area is 182 Å². The Morgan fingerprint density at radius 3 is 2.77 bits per heavy atom. The first-order chi connectivity index (χ1) is 15.1. The van der Waals surface area contributed by atoms with Gasteiger partial charge >= 0.3 is 0 Å². The molecule has 2 aromatic carbocycles. The number of anilines is 1. The number of methoxy groups -OCH3 is 1. The van der Waals surface area contributed by atoms with E-state index in [2.05, 4.69) is 25.7 Å². The Kier molecular flexibility index (Phi) is 6.29. The molecule has 1 amide bonds. The van der Waals surface area contributed by atoms with E-state index in [-0.39, 0.29) is 12.5 Å². The zero-order chi connectivity index (χ0) is 21.6. The summed E-state index contributed by atoms with van der Waals surface area (Å²) in [4.78, 5) is 16.6. The molecule has 0 bridgehead atoms. The molecule has 0 aliphatic carbocycles. The Bertz CT molecular complexity index is 1170. The van der Waals surface area contributed by atoms with E-state index in [0.29, 0.717) is 39.8 Å². The molecule has 9 nitrogen and oxygen atoms in total. The highest BCUT2D eigenvalue weighted by atomic mass is 32.1. The Hall–Kier alpha value is -3.63. The van der Waals surface area contributed by atoms with Gasteiger partial charge in [0.05, 0.1) is 0 Å². The molecule has 0 saturated heterocycles. The van der Waals surface area contributed by atoms with E-state index in [1.807, 2.05) is 37.3 Å². The van der Waals surface area contributed by atoms with Gasteiger partial charge in [0, 0.05) is 18.2 Å². The average molecular weight is 437 g/mol. The molecule has 0 unspecified atom stereocenters. The van der Waals surface area contributed by atoms with E-state index in [9.17, 15) is 4.79 Å². The monoisotopic (exact) mass is 437 g/mol. The average Bonchev–Trinajstić information content (AvgIpc) is 3.43. The summed E-state index contributed by atoms with van der Waals surface area (Å²) < 4.78 is 16.0. The van der Waals surface area contributed by atoms with Crippen LogP contribution in [0.5, 0.6) is 5.75 Å². The third-order valence-electron chi connectivity index (χ3n) is 4.17. The highest BCUT2D eigenvalue weighted by molar-refractivity contribution is 7.15. The first-order valence-corrected chi connectivity index (χ1v) is 10.2. The van der Waals surface area contributed by atoms with Crippen molar-refractivity contribution in [3.05, 3.63) is 59.1 Å². The first-order valence-electron chi connectivity index (χ1n) is 9.36. The molecule has 0 spiro atoms. The number of carbonyl (C=O) groups is 1. The van der Waals surface area contributed by atoms with Gasteiger partial charge in [-0.2, -0.15) is 4.98 Å². The minimum absolute atomic E-state index is 0.179. The van der Waals surface area contributed by atoms with Crippen molar-refractivity contribution < 1.29 is 18.8 Å². The quantitative estimate of drug-likeness (QED) is 0.444. The number of aromatic nitrogens is 4. The van der Waals surface area contributed by atoms with Crippen molar-refractivity contribution in [2.75, 3.05) is 19.0 Å². The molecule has 0 radical (unpaired) electrons. The maximum absolute atomic E-state index is 12.1. The van der Waals surface area contributed by atoms with Crippen LogP contribution < -0.4 is 10.1 Å². The van der Waals surface area contributed by atoms with Gasteiger partial charge < -0.3 is 14.0 Å². The van der Waals surface area contributed by atoms with Crippen molar-refractivity contribution in [2.24, 2.45) is 0 Å². The molecule has 2 aromatic heterocycles. The zero-order valence-corrected chi connectivity index (χ0v) is 17.7. The van der Waals surface area contributed by atoms with Crippen LogP contribution in [0.3, 0.4) is 0 Å². The van der Waals surface area contributed by atoms with Gasteiger partial charge in [-0.3, -0.25) is 10.1 Å². The number of amides is 1. The molecule has 10 heteroatoms. The molecule has 2 heterocycles. The molecule has 0 saturated carbocycles. The molecular formula is C21H19N5O4S. The van der Waals surface area contributed by atoms with E-state index in [1.54, 1.807) is 25.3 Å². The number of hydrogen-bond donors (Lipinski definition) is 1. The van der Waals surface area contributed by atoms with Crippen molar-refractivity contribution in [1.29, 1.82) is 0 Å². The number of benzene rings is 2. The number of nitrogens with zero attached hydrogens (tertiary/aromatic N) is 4. The fourth-order valence-electron chi connectivity index (χ4n) is 2.67. The van der Waals surface area contributed by atoms with Crippen LogP contribution in [0.4, 0.5) is 5.13 Å². The maximum Gasteiger partial charge on any atom is 0.264 e. The zero-order valence-electron chi connectivity index (χ0n) is 16.9. The smallest absolute Gasteiger partial charge is 0.264 e. The van der Waals surface area contributed by atoms with Crippen molar-refractivity contribution in [3.8, 4) is 28.6 Å². The lowest BCUT2D eigenvalue weighted by molar-refractivity contribution is -0.118. The number of rotatable bonds is 8. The minimum Gasteiger partial charge on any atom is -0.484 e. The predicted octanol–water partition coefficient (Wildman–Crippen LogP) is 3.73. The van der Waals surface area contributed by atoms with Crippen LogP contribution in [0, 0.1) is 6.92 Å². The van der Waals surface area contributed by atoms with Crippen LogP contribution in [-0.4, -0.2) is 40.0 Å². The number of nitrogens with one attached hydrogen (secondary N) is 1. The van der Waals surface area contributed by atoms with Crippen LogP contribution in [0.25, 0.3) is 22.8 Å². The summed E-state index contributed by atoms with van der Waals surface area (Å²) in [5.41, 5.74) is 2.72. The lowest BCUT2D eigenvalue weighted by Gasteiger charge is -2.06. The van der Waals surface area contributed by atoms with Crippen molar-refractivity contribution in [1.82, 2.24) is 20.3 Å². The van der Waals surface area contributed by atoms with Crippen molar-refractivity contribution in [3.63, 3.8) is 0 Å². The lowest BCUT2D eigenvalue weighted by Crippen LogP contribution is -2.20. The Morgan fingerprint density at radius 1 is 1.13 bits per heavy atom. The van der Waals surface area contributed by atoms with Crippen LogP contribution >= 0.6 is 11.3 Å². The second-order valence-corrected chi connectivity index (χ2v) is 7.65. The fourth-order valence-corrected chi connectivity index (χ4v) is 3.40. The van der Waals surface area contributed by atoms with E-state index in [1.165, 1.54) is 11.3 Å². The van der Waals surface area contributed by atoms with E-state index < -0.39 is 0 Å². The van der Waals surface area contributed by atoms with E-state index in [4.69, 9.17) is 14.0 Å². The summed E-state index contributed by atoms with van der Waals surface area (Å²) in [6, 6.07) is 15.0. The number of carbonyl (C=O) groups excluding carboxylic acids is 1. The molecule has 31 heavy (non-hydrogen) atoms. The number of hydrogen-bond acceptors (Lipinski definition) is 9. The molecule has 0 atom stereocenters. The van der Waals surface area contributed by atoms with Gasteiger partial charge in [-0.1, -0.05) is 52.4 Å². The SMILES string of the molecule is COCc1nnc(NC(=O)COc2cccc(-c3nc(-c4ccc(C)cc4)no3)c2)s1. The molecule has 158 valence electrons. The van der Waals surface area contributed by atoms with E-state index in [0.717, 1.165) is 11.1 Å². The Balaban J connectivity index is 1.38. The maximum atomic E-state index is 12.1. The van der Waals surface area contributed by atoms with Gasteiger partial charge in [-0.15, -0.1) is 10.2 Å². The van der Waals surface area contributed by atoms with Gasteiger partial charge in [0.1, 0.15) is 17.4 Å². The third kappa shape index (κ3) is 5.30. The van der Waals surface area contributed by atoms with Crippen molar-refractivity contribution in [2.45, 2.75) is 13.5 Å². The first kappa shape index (κ1) is 20.6. The fraction of sp³-hybridized carbons (Fsp3) is 0.190. The molecule has 4 rings (SSSR count). The van der Waals surface area contributed by atoms with Crippen LogP contribution in [0.2, 0.25) is 0 Å². The molecule has 0 aliphatic heterocycles. The van der Waals surface area contributed by atoms with E-state index >= 15 is 0 Å². The summed E-state index contributed by atoms with van der Waals surface area (Å²) in [6.07, 6.45) is 0. The predicted molar refractivity (Wildman–Crippen MR) is 115 cm³/mol. The minimum atomic E-state index is -0.343. The highest BCUT2D eigenvalue weighted by Gasteiger charge is 2.13. The number of ether oxygens (including phenoxy) is 2. The second-order valence-electron chi connectivity index (χ2n) is 6.59. The molecule has 4 aromatic rings. The summed E-state index contributed by atoms with van der Waals surface area (Å²) in [5.74, 6) is 1.03. The second kappa shape index (κ2) is 9.45. The lowest BCUT2D eigenvalue weighted by atomic mass is 10.1. The largest absolute Gasteiger partial charge is 0.484 e. The standard InChI is InChI=1S/C21H19N5O4S/c1-13-6-8-14(9-7-13)19-23-20(30-26-19)15-4-3-5-16(10-15)29-11-17(27)22-21-25-24-18(31-21)12-28-2/h3-10H,11-12H2,1-2H3,(H,22,25,27). The third-order valence-corrected chi connectivity index (χ3v) is 4.98. The summed E-state index contributed by atoms with van der Waals surface area (Å²) in [7, 11) is 1.57. The van der Waals surface area contributed by atoms with Gasteiger partial charge in [-0.05, 0) is 25.1 Å². The summed E-state index contributed by atoms with van der Waals surface area (Å²) in [6.45, 7) is 2.18.